The minimum Gasteiger partial charge on any atom is -0.350 e. The predicted molar refractivity (Wildman–Crippen MR) is 110 cm³/mol. The summed E-state index contributed by atoms with van der Waals surface area (Å²) >= 11 is 6.18. The van der Waals surface area contributed by atoms with Gasteiger partial charge < -0.3 is 4.98 Å². The summed E-state index contributed by atoms with van der Waals surface area (Å²) in [5.74, 6) is -0.312. The maximum atomic E-state index is 12.8. The Bertz CT molecular complexity index is 1120. The van der Waals surface area contributed by atoms with Gasteiger partial charge in [-0.1, -0.05) is 72.3 Å². The monoisotopic (exact) mass is 373 g/mol. The van der Waals surface area contributed by atoms with Gasteiger partial charge in [0.05, 0.1) is 6.21 Å². The van der Waals surface area contributed by atoms with E-state index in [-0.39, 0.29) is 5.91 Å². The van der Waals surface area contributed by atoms with Crippen molar-refractivity contribution in [2.24, 2.45) is 5.10 Å². The molecule has 0 fully saturated rings. The van der Waals surface area contributed by atoms with Crippen LogP contribution in [-0.4, -0.2) is 17.1 Å². The maximum absolute atomic E-state index is 12.8. The number of carbonyl (C=O) groups excluding carboxylic acids is 1. The van der Waals surface area contributed by atoms with Crippen LogP contribution >= 0.6 is 11.6 Å². The van der Waals surface area contributed by atoms with Crippen LogP contribution < -0.4 is 5.43 Å². The van der Waals surface area contributed by atoms with Crippen molar-refractivity contribution in [1.29, 1.82) is 0 Å². The number of hydrogen-bond acceptors (Lipinski definition) is 2. The quantitative estimate of drug-likeness (QED) is 0.372. The summed E-state index contributed by atoms with van der Waals surface area (Å²) in [6, 6.07) is 24.9. The first kappa shape index (κ1) is 17.1. The molecule has 0 atom stereocenters. The summed E-state index contributed by atoms with van der Waals surface area (Å²) in [6.45, 7) is 0. The van der Waals surface area contributed by atoms with Crippen molar-refractivity contribution in [2.45, 2.75) is 0 Å². The molecule has 2 N–H and O–H groups in total. The average molecular weight is 374 g/mol. The third-order valence-electron chi connectivity index (χ3n) is 4.23. The molecule has 1 amide bonds. The predicted octanol–water partition coefficient (Wildman–Crippen LogP) is 5.25. The van der Waals surface area contributed by atoms with E-state index in [1.165, 1.54) is 0 Å². The molecule has 27 heavy (non-hydrogen) atoms. The van der Waals surface area contributed by atoms with Crippen molar-refractivity contribution in [3.05, 3.63) is 95.1 Å². The number of hydrogen-bond donors (Lipinski definition) is 2. The van der Waals surface area contributed by atoms with Gasteiger partial charge in [0.1, 0.15) is 5.69 Å². The molecule has 0 aliphatic carbocycles. The molecule has 4 aromatic rings. The number of H-pyrrole nitrogens is 1. The van der Waals surface area contributed by atoms with Gasteiger partial charge in [0.15, 0.2) is 0 Å². The van der Waals surface area contributed by atoms with E-state index in [2.05, 4.69) is 15.5 Å². The Labute approximate surface area is 161 Å². The SMILES string of the molecule is O=C(N/N=C/c1ccccc1)c1[nH]c2ccc(Cl)cc2c1-c1ccccc1. The van der Waals surface area contributed by atoms with E-state index in [1.54, 1.807) is 12.3 Å². The molecule has 1 heterocycles. The Hall–Kier alpha value is -3.37. The molecule has 5 heteroatoms. The van der Waals surface area contributed by atoms with E-state index in [1.807, 2.05) is 72.8 Å². The number of aromatic amines is 1. The zero-order valence-electron chi connectivity index (χ0n) is 14.3. The lowest BCUT2D eigenvalue weighted by molar-refractivity contribution is 0.0951. The average Bonchev–Trinajstić information content (AvgIpc) is 3.08. The molecule has 0 aliphatic heterocycles. The Balaban J connectivity index is 1.72. The Morgan fingerprint density at radius 3 is 2.41 bits per heavy atom. The zero-order valence-corrected chi connectivity index (χ0v) is 15.1. The summed E-state index contributed by atoms with van der Waals surface area (Å²) in [5, 5.41) is 5.58. The highest BCUT2D eigenvalue weighted by molar-refractivity contribution is 6.31. The lowest BCUT2D eigenvalue weighted by Crippen LogP contribution is -2.18. The fourth-order valence-corrected chi connectivity index (χ4v) is 3.17. The number of nitrogens with one attached hydrogen (secondary N) is 2. The zero-order chi connectivity index (χ0) is 18.6. The molecule has 1 aromatic heterocycles. The highest BCUT2D eigenvalue weighted by Gasteiger charge is 2.19. The standard InChI is InChI=1S/C22H16ClN3O/c23-17-11-12-19-18(13-17)20(16-9-5-2-6-10-16)21(25-19)22(27)26-24-14-15-7-3-1-4-8-15/h1-14,25H,(H,26,27)/b24-14+. The summed E-state index contributed by atoms with van der Waals surface area (Å²) in [5.41, 5.74) is 6.54. The van der Waals surface area contributed by atoms with Crippen LogP contribution in [0.4, 0.5) is 0 Å². The van der Waals surface area contributed by atoms with Gasteiger partial charge in [-0.25, -0.2) is 5.43 Å². The van der Waals surface area contributed by atoms with E-state index in [4.69, 9.17) is 11.6 Å². The van der Waals surface area contributed by atoms with Gasteiger partial charge in [0.2, 0.25) is 0 Å². The molecule has 0 saturated heterocycles. The number of fused-ring (bicyclic) bond motifs is 1. The molecular weight excluding hydrogens is 358 g/mol. The minimum absolute atomic E-state index is 0.312. The third kappa shape index (κ3) is 3.61. The molecule has 0 spiro atoms. The van der Waals surface area contributed by atoms with E-state index in [0.29, 0.717) is 10.7 Å². The molecule has 132 valence electrons. The molecule has 4 nitrogen and oxygen atoms in total. The van der Waals surface area contributed by atoms with Gasteiger partial charge >= 0.3 is 0 Å². The first-order valence-electron chi connectivity index (χ1n) is 8.47. The first-order chi connectivity index (χ1) is 13.2. The second-order valence-corrected chi connectivity index (χ2v) is 6.48. The van der Waals surface area contributed by atoms with E-state index < -0.39 is 0 Å². The summed E-state index contributed by atoms with van der Waals surface area (Å²) in [7, 11) is 0. The van der Waals surface area contributed by atoms with Crippen molar-refractivity contribution in [3.63, 3.8) is 0 Å². The smallest absolute Gasteiger partial charge is 0.288 e. The third-order valence-corrected chi connectivity index (χ3v) is 4.46. The van der Waals surface area contributed by atoms with Crippen LogP contribution in [0, 0.1) is 0 Å². The van der Waals surface area contributed by atoms with Gasteiger partial charge in [0.25, 0.3) is 5.91 Å². The molecule has 0 unspecified atom stereocenters. The lowest BCUT2D eigenvalue weighted by atomic mass is 10.0. The molecule has 0 aliphatic rings. The Morgan fingerprint density at radius 2 is 1.67 bits per heavy atom. The van der Waals surface area contributed by atoms with Crippen LogP contribution in [0.1, 0.15) is 16.1 Å². The maximum Gasteiger partial charge on any atom is 0.288 e. The fraction of sp³-hybridized carbons (Fsp3) is 0. The molecular formula is C22H16ClN3O. The van der Waals surface area contributed by atoms with Crippen molar-refractivity contribution in [2.75, 3.05) is 0 Å². The second-order valence-electron chi connectivity index (χ2n) is 6.04. The number of carbonyl (C=O) groups is 1. The highest BCUT2D eigenvalue weighted by Crippen LogP contribution is 2.34. The Morgan fingerprint density at radius 1 is 0.963 bits per heavy atom. The van der Waals surface area contributed by atoms with Crippen LogP contribution in [0.25, 0.3) is 22.0 Å². The normalized spacial score (nSPS) is 11.1. The summed E-state index contributed by atoms with van der Waals surface area (Å²) in [4.78, 5) is 16.0. The number of rotatable bonds is 4. The molecule has 0 saturated carbocycles. The Kier molecular flexibility index (Phi) is 4.73. The number of aromatic nitrogens is 1. The van der Waals surface area contributed by atoms with Crippen molar-refractivity contribution in [1.82, 2.24) is 10.4 Å². The van der Waals surface area contributed by atoms with Gasteiger partial charge in [-0.3, -0.25) is 4.79 Å². The van der Waals surface area contributed by atoms with Gasteiger partial charge in [0, 0.05) is 21.5 Å². The molecule has 4 rings (SSSR count). The second kappa shape index (κ2) is 7.48. The largest absolute Gasteiger partial charge is 0.350 e. The van der Waals surface area contributed by atoms with E-state index in [9.17, 15) is 4.79 Å². The van der Waals surface area contributed by atoms with Gasteiger partial charge in [-0.2, -0.15) is 5.10 Å². The highest BCUT2D eigenvalue weighted by atomic mass is 35.5. The van der Waals surface area contributed by atoms with E-state index in [0.717, 1.165) is 27.6 Å². The van der Waals surface area contributed by atoms with Crippen LogP contribution in [0.3, 0.4) is 0 Å². The minimum atomic E-state index is -0.312. The van der Waals surface area contributed by atoms with Crippen LogP contribution in [0.2, 0.25) is 5.02 Å². The number of benzene rings is 3. The first-order valence-corrected chi connectivity index (χ1v) is 8.85. The van der Waals surface area contributed by atoms with Crippen LogP contribution in [0.5, 0.6) is 0 Å². The summed E-state index contributed by atoms with van der Waals surface area (Å²) in [6.07, 6.45) is 1.61. The van der Waals surface area contributed by atoms with Crippen LogP contribution in [0.15, 0.2) is 84.0 Å². The van der Waals surface area contributed by atoms with Crippen molar-refractivity contribution >= 4 is 34.6 Å². The van der Waals surface area contributed by atoms with Crippen molar-refractivity contribution < 1.29 is 4.79 Å². The molecule has 0 bridgehead atoms. The molecule has 3 aromatic carbocycles. The van der Waals surface area contributed by atoms with Crippen LogP contribution in [-0.2, 0) is 0 Å². The van der Waals surface area contributed by atoms with Crippen molar-refractivity contribution in [3.8, 4) is 11.1 Å². The lowest BCUT2D eigenvalue weighted by Gasteiger charge is -2.04. The fourth-order valence-electron chi connectivity index (χ4n) is 3.00. The van der Waals surface area contributed by atoms with Gasteiger partial charge in [-0.15, -0.1) is 0 Å². The number of amides is 1. The topological polar surface area (TPSA) is 57.2 Å². The molecule has 0 radical (unpaired) electrons. The summed E-state index contributed by atoms with van der Waals surface area (Å²) < 4.78 is 0. The number of hydrazone groups is 1. The van der Waals surface area contributed by atoms with Gasteiger partial charge in [-0.05, 0) is 29.3 Å². The number of nitrogens with zero attached hydrogens (tertiary/aromatic N) is 1. The number of halogens is 1. The van der Waals surface area contributed by atoms with E-state index >= 15 is 0 Å².